The average Bonchev–Trinajstić information content (AvgIpc) is 3.46. The van der Waals surface area contributed by atoms with Crippen LogP contribution in [0, 0.1) is 18.3 Å². The largest absolute Gasteiger partial charge is 0.346 e. The molecule has 28 heavy (non-hydrogen) atoms. The van der Waals surface area contributed by atoms with Crippen molar-refractivity contribution in [3.63, 3.8) is 0 Å². The standard InChI is InChI=1S/C20H17N7S/c1-13-4-5-17(28-13)20-25-16-11-23-19-15(6-8-22-19)18(16)27(20)14-10-24-26(12-14)9-3-2-7-21/h4-6,8,10-12H,2-3,9H2,1H3,(H,22,23). The van der Waals surface area contributed by atoms with Crippen LogP contribution in [0.4, 0.5) is 0 Å². The lowest BCUT2D eigenvalue weighted by atomic mass is 10.3. The number of unbranched alkanes of at least 4 members (excludes halogenated alkanes) is 1. The molecule has 0 radical (unpaired) electrons. The van der Waals surface area contributed by atoms with Crippen LogP contribution in [0.2, 0.25) is 0 Å². The first-order valence-corrected chi connectivity index (χ1v) is 9.87. The van der Waals surface area contributed by atoms with Crippen LogP contribution in [-0.2, 0) is 6.54 Å². The Balaban J connectivity index is 1.73. The third-order valence-corrected chi connectivity index (χ3v) is 5.71. The molecule has 0 saturated heterocycles. The van der Waals surface area contributed by atoms with Crippen LogP contribution in [0.5, 0.6) is 0 Å². The normalized spacial score (nSPS) is 11.4. The molecule has 0 bridgehead atoms. The number of thiophene rings is 1. The third-order valence-electron chi connectivity index (χ3n) is 4.71. The van der Waals surface area contributed by atoms with Crippen molar-refractivity contribution in [1.29, 1.82) is 5.26 Å². The first-order chi connectivity index (χ1) is 13.7. The van der Waals surface area contributed by atoms with E-state index in [9.17, 15) is 0 Å². The van der Waals surface area contributed by atoms with Gasteiger partial charge in [0.05, 0.1) is 34.5 Å². The van der Waals surface area contributed by atoms with Gasteiger partial charge < -0.3 is 4.98 Å². The van der Waals surface area contributed by atoms with Crippen LogP contribution in [0.15, 0.2) is 43.0 Å². The quantitative estimate of drug-likeness (QED) is 0.452. The molecule has 0 unspecified atom stereocenters. The molecule has 0 aliphatic heterocycles. The number of nitrogens with zero attached hydrogens (tertiary/aromatic N) is 6. The van der Waals surface area contributed by atoms with Crippen molar-refractivity contribution in [2.75, 3.05) is 0 Å². The number of hydrogen-bond donors (Lipinski definition) is 1. The summed E-state index contributed by atoms with van der Waals surface area (Å²) in [5, 5.41) is 14.3. The molecule has 7 nitrogen and oxygen atoms in total. The maximum Gasteiger partial charge on any atom is 0.156 e. The summed E-state index contributed by atoms with van der Waals surface area (Å²) in [5.74, 6) is 0.889. The highest BCUT2D eigenvalue weighted by molar-refractivity contribution is 7.15. The van der Waals surface area contributed by atoms with Gasteiger partial charge in [0.2, 0.25) is 0 Å². The van der Waals surface area contributed by atoms with Crippen molar-refractivity contribution in [2.45, 2.75) is 26.3 Å². The highest BCUT2D eigenvalue weighted by Crippen LogP contribution is 2.35. The molecule has 138 valence electrons. The highest BCUT2D eigenvalue weighted by atomic mass is 32.1. The summed E-state index contributed by atoms with van der Waals surface area (Å²) < 4.78 is 4.05. The summed E-state index contributed by atoms with van der Waals surface area (Å²) >= 11 is 1.72. The van der Waals surface area contributed by atoms with Crippen molar-refractivity contribution < 1.29 is 0 Å². The predicted molar refractivity (Wildman–Crippen MR) is 109 cm³/mol. The van der Waals surface area contributed by atoms with Crippen LogP contribution < -0.4 is 0 Å². The zero-order chi connectivity index (χ0) is 19.1. The van der Waals surface area contributed by atoms with Crippen molar-refractivity contribution in [1.82, 2.24) is 29.3 Å². The van der Waals surface area contributed by atoms with Crippen molar-refractivity contribution in [2.24, 2.45) is 0 Å². The van der Waals surface area contributed by atoms with E-state index in [1.54, 1.807) is 11.3 Å². The fraction of sp³-hybridized carbons (Fsp3) is 0.200. The number of nitrogens with one attached hydrogen (secondary N) is 1. The summed E-state index contributed by atoms with van der Waals surface area (Å²) in [7, 11) is 0. The first-order valence-electron chi connectivity index (χ1n) is 9.06. The number of aryl methyl sites for hydroxylation is 2. The lowest BCUT2D eigenvalue weighted by Crippen LogP contribution is -1.99. The number of fused-ring (bicyclic) bond motifs is 3. The molecule has 0 amide bonds. The summed E-state index contributed by atoms with van der Waals surface area (Å²) in [6, 6.07) is 8.43. The van der Waals surface area contributed by atoms with Gasteiger partial charge >= 0.3 is 0 Å². The van der Waals surface area contributed by atoms with Gasteiger partial charge in [0.15, 0.2) is 5.82 Å². The van der Waals surface area contributed by atoms with Gasteiger partial charge in [0.25, 0.3) is 0 Å². The molecular weight excluding hydrogens is 370 g/mol. The summed E-state index contributed by atoms with van der Waals surface area (Å²) in [6.07, 6.45) is 8.89. The second kappa shape index (κ2) is 6.62. The monoisotopic (exact) mass is 387 g/mol. The van der Waals surface area contributed by atoms with Gasteiger partial charge in [-0.15, -0.1) is 11.3 Å². The first kappa shape index (κ1) is 16.7. The van der Waals surface area contributed by atoms with E-state index < -0.39 is 0 Å². The van der Waals surface area contributed by atoms with E-state index in [-0.39, 0.29) is 0 Å². The molecule has 0 aliphatic carbocycles. The molecule has 5 aromatic rings. The van der Waals surface area contributed by atoms with Crippen molar-refractivity contribution in [3.8, 4) is 22.5 Å². The van der Waals surface area contributed by atoms with Gasteiger partial charge in [-0.25, -0.2) is 9.97 Å². The second-order valence-corrected chi connectivity index (χ2v) is 7.92. The summed E-state index contributed by atoms with van der Waals surface area (Å²) in [4.78, 5) is 14.9. The Morgan fingerprint density at radius 2 is 2.18 bits per heavy atom. The Bertz CT molecular complexity index is 1330. The Morgan fingerprint density at radius 1 is 1.25 bits per heavy atom. The number of pyridine rings is 1. The van der Waals surface area contributed by atoms with Gasteiger partial charge in [0, 0.05) is 35.6 Å². The van der Waals surface area contributed by atoms with Crippen LogP contribution in [0.1, 0.15) is 17.7 Å². The third kappa shape index (κ3) is 2.68. The van der Waals surface area contributed by atoms with E-state index >= 15 is 0 Å². The number of aromatic nitrogens is 6. The minimum absolute atomic E-state index is 0.526. The van der Waals surface area contributed by atoms with E-state index in [0.29, 0.717) is 6.42 Å². The lowest BCUT2D eigenvalue weighted by molar-refractivity contribution is 0.585. The van der Waals surface area contributed by atoms with Crippen molar-refractivity contribution in [3.05, 3.63) is 47.9 Å². The lowest BCUT2D eigenvalue weighted by Gasteiger charge is -2.06. The van der Waals surface area contributed by atoms with Gasteiger partial charge in [-0.3, -0.25) is 9.25 Å². The molecule has 5 heterocycles. The van der Waals surface area contributed by atoms with Crippen LogP contribution >= 0.6 is 11.3 Å². The minimum atomic E-state index is 0.526. The predicted octanol–water partition coefficient (Wildman–Crippen LogP) is 4.44. The molecule has 0 fully saturated rings. The molecule has 0 spiro atoms. The molecule has 0 aliphatic rings. The Hall–Kier alpha value is -3.44. The average molecular weight is 387 g/mol. The molecule has 8 heteroatoms. The van der Waals surface area contributed by atoms with Gasteiger partial charge in [-0.05, 0) is 31.5 Å². The number of hydrogen-bond acceptors (Lipinski definition) is 5. The number of rotatable bonds is 5. The number of H-pyrrole nitrogens is 1. The molecule has 5 rings (SSSR count). The topological polar surface area (TPSA) is 88.1 Å². The smallest absolute Gasteiger partial charge is 0.156 e. The zero-order valence-electron chi connectivity index (χ0n) is 15.3. The van der Waals surface area contributed by atoms with Crippen LogP contribution in [0.3, 0.4) is 0 Å². The van der Waals surface area contributed by atoms with E-state index in [2.05, 4.69) is 44.8 Å². The fourth-order valence-electron chi connectivity index (χ4n) is 3.45. The van der Waals surface area contributed by atoms with E-state index in [4.69, 9.17) is 10.2 Å². The molecular formula is C20H17N7S. The maximum absolute atomic E-state index is 8.76. The zero-order valence-corrected chi connectivity index (χ0v) is 16.1. The van der Waals surface area contributed by atoms with E-state index in [1.807, 2.05) is 35.5 Å². The maximum atomic E-state index is 8.76. The molecule has 1 N–H and O–H groups in total. The molecule has 5 aromatic heterocycles. The second-order valence-electron chi connectivity index (χ2n) is 6.64. The van der Waals surface area contributed by atoms with Gasteiger partial charge in [-0.2, -0.15) is 10.4 Å². The number of imidazole rings is 1. The summed E-state index contributed by atoms with van der Waals surface area (Å²) in [5.41, 5.74) is 3.66. The van der Waals surface area contributed by atoms with Crippen molar-refractivity contribution >= 4 is 33.4 Å². The summed E-state index contributed by atoms with van der Waals surface area (Å²) in [6.45, 7) is 2.81. The van der Waals surface area contributed by atoms with Gasteiger partial charge in [-0.1, -0.05) is 0 Å². The van der Waals surface area contributed by atoms with Gasteiger partial charge in [0.1, 0.15) is 11.2 Å². The highest BCUT2D eigenvalue weighted by Gasteiger charge is 2.19. The van der Waals surface area contributed by atoms with E-state index in [1.165, 1.54) is 4.88 Å². The Labute approximate surface area is 164 Å². The number of aromatic amines is 1. The Kier molecular flexibility index (Phi) is 3.95. The van der Waals surface area contributed by atoms with Crippen LogP contribution in [-0.4, -0.2) is 29.3 Å². The van der Waals surface area contributed by atoms with Crippen LogP contribution in [0.25, 0.3) is 38.5 Å². The molecule has 0 aromatic carbocycles. The minimum Gasteiger partial charge on any atom is -0.346 e. The molecule has 0 saturated carbocycles. The molecule has 0 atom stereocenters. The Morgan fingerprint density at radius 3 is 3.00 bits per heavy atom. The SMILES string of the molecule is Cc1ccc(-c2nc3cnc4[nH]ccc4c3n2-c2cnn(CCCC#N)c2)s1. The fourth-order valence-corrected chi connectivity index (χ4v) is 4.30. The number of nitriles is 1. The van der Waals surface area contributed by atoms with E-state index in [0.717, 1.165) is 51.4 Å².